The Kier molecular flexibility index (Phi) is 3.19. The van der Waals surface area contributed by atoms with Crippen molar-refractivity contribution in [1.82, 2.24) is 5.32 Å². The summed E-state index contributed by atoms with van der Waals surface area (Å²) in [4.78, 5) is 12.2. The molecule has 0 radical (unpaired) electrons. The number of piperidine rings is 1. The molecule has 2 bridgehead atoms. The fourth-order valence-corrected chi connectivity index (χ4v) is 5.08. The number of ether oxygens (including phenoxy) is 2. The normalized spacial score (nSPS) is 32.9. The van der Waals surface area contributed by atoms with Crippen LogP contribution >= 0.6 is 0 Å². The van der Waals surface area contributed by atoms with E-state index < -0.39 is 0 Å². The molecular formula is C18H23NO3. The summed E-state index contributed by atoms with van der Waals surface area (Å²) in [6.45, 7) is 1.00. The Labute approximate surface area is 131 Å². The van der Waals surface area contributed by atoms with Gasteiger partial charge in [-0.05, 0) is 55.0 Å². The average Bonchev–Trinajstić information content (AvgIpc) is 2.53. The van der Waals surface area contributed by atoms with Crippen molar-refractivity contribution >= 4 is 5.78 Å². The minimum Gasteiger partial charge on any atom is -0.493 e. The van der Waals surface area contributed by atoms with Gasteiger partial charge in [-0.1, -0.05) is 0 Å². The summed E-state index contributed by atoms with van der Waals surface area (Å²) in [6.07, 6.45) is 4.52. The minimum atomic E-state index is 0.0123. The Morgan fingerprint density at radius 2 is 2.00 bits per heavy atom. The predicted octanol–water partition coefficient (Wildman–Crippen LogP) is 2.23. The SMILES string of the molecule is COc1cc2c(cc1OC)[C@@]13CCN[C@@H](C2)[C@@H]1CCC(=O)C3. The molecule has 1 heterocycles. The van der Waals surface area contributed by atoms with E-state index in [0.717, 1.165) is 43.7 Å². The molecule has 0 aromatic heterocycles. The first-order chi connectivity index (χ1) is 10.7. The predicted molar refractivity (Wildman–Crippen MR) is 83.7 cm³/mol. The monoisotopic (exact) mass is 301 g/mol. The van der Waals surface area contributed by atoms with Crippen LogP contribution in [0.3, 0.4) is 0 Å². The van der Waals surface area contributed by atoms with Gasteiger partial charge in [-0.25, -0.2) is 0 Å². The highest BCUT2D eigenvalue weighted by Crippen LogP contribution is 2.54. The Bertz CT molecular complexity index is 627. The molecule has 22 heavy (non-hydrogen) atoms. The maximum absolute atomic E-state index is 12.2. The number of benzene rings is 1. The van der Waals surface area contributed by atoms with Crippen molar-refractivity contribution in [3.05, 3.63) is 23.3 Å². The fraction of sp³-hybridized carbons (Fsp3) is 0.611. The molecule has 3 aliphatic rings. The summed E-state index contributed by atoms with van der Waals surface area (Å²) >= 11 is 0. The minimum absolute atomic E-state index is 0.0123. The molecule has 4 rings (SSSR count). The van der Waals surface area contributed by atoms with Gasteiger partial charge in [-0.2, -0.15) is 0 Å². The summed E-state index contributed by atoms with van der Waals surface area (Å²) in [5, 5.41) is 3.68. The molecule has 1 aliphatic heterocycles. The van der Waals surface area contributed by atoms with Crippen LogP contribution in [0, 0.1) is 5.92 Å². The second-order valence-electron chi connectivity index (χ2n) is 6.90. The van der Waals surface area contributed by atoms with Gasteiger partial charge >= 0.3 is 0 Å². The third-order valence-electron chi connectivity index (χ3n) is 6.01. The number of Topliss-reactive ketones (excluding diaryl/α,β-unsaturated/α-hetero) is 1. The largest absolute Gasteiger partial charge is 0.493 e. The van der Waals surface area contributed by atoms with Crippen LogP contribution in [0.2, 0.25) is 0 Å². The smallest absolute Gasteiger partial charge is 0.161 e. The zero-order chi connectivity index (χ0) is 15.3. The van der Waals surface area contributed by atoms with E-state index in [4.69, 9.17) is 9.47 Å². The lowest BCUT2D eigenvalue weighted by atomic mass is 9.52. The molecule has 2 aliphatic carbocycles. The van der Waals surface area contributed by atoms with Crippen LogP contribution in [0.25, 0.3) is 0 Å². The first-order valence-corrected chi connectivity index (χ1v) is 8.18. The van der Waals surface area contributed by atoms with Crippen molar-refractivity contribution in [2.45, 2.75) is 43.6 Å². The number of carbonyl (C=O) groups excluding carboxylic acids is 1. The summed E-state index contributed by atoms with van der Waals surface area (Å²) in [5.41, 5.74) is 2.67. The summed E-state index contributed by atoms with van der Waals surface area (Å²) in [5.74, 6) is 2.56. The Morgan fingerprint density at radius 3 is 2.77 bits per heavy atom. The van der Waals surface area contributed by atoms with E-state index in [-0.39, 0.29) is 5.41 Å². The first kappa shape index (κ1) is 14.1. The number of carbonyl (C=O) groups is 1. The van der Waals surface area contributed by atoms with Crippen molar-refractivity contribution in [1.29, 1.82) is 0 Å². The van der Waals surface area contributed by atoms with Crippen molar-refractivity contribution < 1.29 is 14.3 Å². The van der Waals surface area contributed by atoms with E-state index in [1.54, 1.807) is 14.2 Å². The van der Waals surface area contributed by atoms with E-state index >= 15 is 0 Å². The number of methoxy groups -OCH3 is 2. The zero-order valence-electron chi connectivity index (χ0n) is 13.3. The van der Waals surface area contributed by atoms with Crippen molar-refractivity contribution in [3.8, 4) is 11.5 Å². The lowest BCUT2D eigenvalue weighted by Crippen LogP contribution is -2.60. The van der Waals surface area contributed by atoms with Gasteiger partial charge in [-0.3, -0.25) is 4.79 Å². The molecule has 1 aromatic carbocycles. The number of nitrogens with one attached hydrogen (secondary N) is 1. The zero-order valence-corrected chi connectivity index (χ0v) is 13.3. The quantitative estimate of drug-likeness (QED) is 0.910. The number of ketones is 1. The molecular weight excluding hydrogens is 278 g/mol. The maximum atomic E-state index is 12.2. The molecule has 0 spiro atoms. The van der Waals surface area contributed by atoms with E-state index in [9.17, 15) is 4.79 Å². The number of hydrogen-bond acceptors (Lipinski definition) is 4. The number of hydrogen-bond donors (Lipinski definition) is 1. The third kappa shape index (κ3) is 1.83. The highest BCUT2D eigenvalue weighted by atomic mass is 16.5. The van der Waals surface area contributed by atoms with Crippen LogP contribution in [0.4, 0.5) is 0 Å². The number of fused-ring (bicyclic) bond motifs is 1. The van der Waals surface area contributed by atoms with Gasteiger partial charge in [0.25, 0.3) is 0 Å². The molecule has 4 nitrogen and oxygen atoms in total. The van der Waals surface area contributed by atoms with Gasteiger partial charge in [0.15, 0.2) is 11.5 Å². The summed E-state index contributed by atoms with van der Waals surface area (Å²) in [7, 11) is 3.36. The second kappa shape index (κ2) is 4.98. The van der Waals surface area contributed by atoms with Crippen LogP contribution < -0.4 is 14.8 Å². The van der Waals surface area contributed by atoms with Crippen LogP contribution in [-0.2, 0) is 16.6 Å². The highest BCUT2D eigenvalue weighted by molar-refractivity contribution is 5.81. The molecule has 1 aromatic rings. The van der Waals surface area contributed by atoms with Crippen molar-refractivity contribution in [2.75, 3.05) is 20.8 Å². The molecule has 118 valence electrons. The van der Waals surface area contributed by atoms with Gasteiger partial charge in [-0.15, -0.1) is 0 Å². The second-order valence-corrected chi connectivity index (χ2v) is 6.90. The van der Waals surface area contributed by atoms with Crippen molar-refractivity contribution in [3.63, 3.8) is 0 Å². The van der Waals surface area contributed by atoms with Crippen LogP contribution in [0.1, 0.15) is 36.8 Å². The molecule has 0 unspecified atom stereocenters. The van der Waals surface area contributed by atoms with E-state index in [1.165, 1.54) is 11.1 Å². The Morgan fingerprint density at radius 1 is 1.23 bits per heavy atom. The van der Waals surface area contributed by atoms with Gasteiger partial charge in [0.2, 0.25) is 0 Å². The van der Waals surface area contributed by atoms with E-state index in [1.807, 2.05) is 0 Å². The topological polar surface area (TPSA) is 47.6 Å². The Hall–Kier alpha value is -1.55. The van der Waals surface area contributed by atoms with Gasteiger partial charge in [0.1, 0.15) is 5.78 Å². The molecule has 0 amide bonds. The first-order valence-electron chi connectivity index (χ1n) is 8.18. The molecule has 2 fully saturated rings. The van der Waals surface area contributed by atoms with Crippen LogP contribution in [0.5, 0.6) is 11.5 Å². The standard InChI is InChI=1S/C18H23NO3/c1-21-16-8-11-7-15-13-4-3-12(20)10-18(13,5-6-19-15)14(11)9-17(16)22-2/h8-9,13,15,19H,3-7,10H2,1-2H3/t13-,15-,18+/m0/s1. The van der Waals surface area contributed by atoms with E-state index in [2.05, 4.69) is 17.4 Å². The lowest BCUT2D eigenvalue weighted by Gasteiger charge is -2.55. The van der Waals surface area contributed by atoms with Gasteiger partial charge in [0.05, 0.1) is 14.2 Å². The third-order valence-corrected chi connectivity index (χ3v) is 6.01. The molecule has 1 saturated heterocycles. The fourth-order valence-electron chi connectivity index (χ4n) is 5.08. The van der Waals surface area contributed by atoms with Crippen molar-refractivity contribution in [2.24, 2.45) is 5.92 Å². The van der Waals surface area contributed by atoms with Gasteiger partial charge < -0.3 is 14.8 Å². The van der Waals surface area contributed by atoms with E-state index in [0.29, 0.717) is 24.2 Å². The summed E-state index contributed by atoms with van der Waals surface area (Å²) < 4.78 is 11.0. The molecule has 4 heteroatoms. The molecule has 1 saturated carbocycles. The molecule has 1 N–H and O–H groups in total. The van der Waals surface area contributed by atoms with Crippen LogP contribution in [-0.4, -0.2) is 32.6 Å². The highest BCUT2D eigenvalue weighted by Gasteiger charge is 2.53. The van der Waals surface area contributed by atoms with Crippen LogP contribution in [0.15, 0.2) is 12.1 Å². The average molecular weight is 301 g/mol. The van der Waals surface area contributed by atoms with Gasteiger partial charge in [0, 0.05) is 24.3 Å². The molecule has 3 atom stereocenters. The summed E-state index contributed by atoms with van der Waals surface area (Å²) in [6, 6.07) is 4.75. The Balaban J connectivity index is 1.90. The maximum Gasteiger partial charge on any atom is 0.161 e. The number of rotatable bonds is 2. The lowest BCUT2D eigenvalue weighted by molar-refractivity contribution is -0.125.